The lowest BCUT2D eigenvalue weighted by Gasteiger charge is -2.25. The van der Waals surface area contributed by atoms with E-state index in [-0.39, 0.29) is 24.5 Å². The zero-order valence-electron chi connectivity index (χ0n) is 14.3. The molecule has 1 aromatic carbocycles. The van der Waals surface area contributed by atoms with Gasteiger partial charge in [0.05, 0.1) is 22.1 Å². The van der Waals surface area contributed by atoms with Crippen molar-refractivity contribution in [3.05, 3.63) is 38.7 Å². The molecule has 2 amide bonds. The molecule has 1 aromatic rings. The molecule has 0 atom stereocenters. The average Bonchev–Trinajstić information content (AvgIpc) is 2.78. The summed E-state index contributed by atoms with van der Waals surface area (Å²) in [6, 6.07) is 4.86. The molecule has 7 heteroatoms. The molecule has 1 saturated carbocycles. The molecule has 0 bridgehead atoms. The Balaban J connectivity index is 2.00. The molecular formula is C19H21Cl2NO3S. The van der Waals surface area contributed by atoms with E-state index in [2.05, 4.69) is 0 Å². The maximum Gasteiger partial charge on any atom is 0.268 e. The number of carbonyl (C=O) groups is 2. The smallest absolute Gasteiger partial charge is 0.268 e. The fourth-order valence-electron chi connectivity index (χ4n) is 3.59. The first-order chi connectivity index (χ1) is 12.5. The number of hydrogen-bond acceptors (Lipinski definition) is 4. The van der Waals surface area contributed by atoms with Crippen molar-refractivity contribution in [2.45, 2.75) is 44.6 Å². The first kappa shape index (κ1) is 19.7. The number of halogens is 2. The lowest BCUT2D eigenvalue weighted by atomic mass is 10.0. The van der Waals surface area contributed by atoms with Gasteiger partial charge in [0.15, 0.2) is 0 Å². The highest BCUT2D eigenvalue weighted by molar-refractivity contribution is 8.04. The molecule has 0 unspecified atom stereocenters. The van der Waals surface area contributed by atoms with Gasteiger partial charge in [-0.3, -0.25) is 14.5 Å². The average molecular weight is 414 g/mol. The number of rotatable bonds is 5. The molecule has 0 aromatic heterocycles. The van der Waals surface area contributed by atoms with Crippen molar-refractivity contribution in [1.82, 2.24) is 4.90 Å². The molecular weight excluding hydrogens is 393 g/mol. The lowest BCUT2D eigenvalue weighted by Crippen LogP contribution is -2.40. The van der Waals surface area contributed by atoms with Gasteiger partial charge in [0.25, 0.3) is 11.8 Å². The Morgan fingerprint density at radius 2 is 1.77 bits per heavy atom. The fourth-order valence-corrected chi connectivity index (χ4v) is 4.95. The number of thioether (sulfide) groups is 1. The van der Waals surface area contributed by atoms with Crippen LogP contribution in [0.2, 0.25) is 10.0 Å². The number of benzene rings is 1. The molecule has 140 valence electrons. The Kier molecular flexibility index (Phi) is 6.67. The lowest BCUT2D eigenvalue weighted by molar-refractivity contribution is -0.139. The maximum atomic E-state index is 13.2. The van der Waals surface area contributed by atoms with E-state index in [4.69, 9.17) is 23.2 Å². The van der Waals surface area contributed by atoms with Gasteiger partial charge in [-0.1, -0.05) is 55.0 Å². The fraction of sp³-hybridized carbons (Fsp3) is 0.474. The van der Waals surface area contributed by atoms with Crippen LogP contribution in [-0.4, -0.2) is 40.2 Å². The minimum atomic E-state index is -0.286. The summed E-state index contributed by atoms with van der Waals surface area (Å²) in [5.74, 6) is -0.199. The molecule has 1 fully saturated rings. The third-order valence-electron chi connectivity index (χ3n) is 4.80. The Hall–Kier alpha value is -1.01. The van der Waals surface area contributed by atoms with Crippen LogP contribution in [-0.2, 0) is 9.59 Å². The summed E-state index contributed by atoms with van der Waals surface area (Å²) >= 11 is 13.5. The van der Waals surface area contributed by atoms with Crippen LogP contribution in [0.5, 0.6) is 0 Å². The molecule has 1 aliphatic carbocycles. The maximum absolute atomic E-state index is 13.2. The molecule has 1 N–H and O–H groups in total. The summed E-state index contributed by atoms with van der Waals surface area (Å²) < 4.78 is 0. The van der Waals surface area contributed by atoms with Gasteiger partial charge in [0.2, 0.25) is 0 Å². The van der Waals surface area contributed by atoms with Crippen molar-refractivity contribution >= 4 is 52.4 Å². The van der Waals surface area contributed by atoms with Crippen molar-refractivity contribution in [2.24, 2.45) is 0 Å². The predicted molar refractivity (Wildman–Crippen MR) is 106 cm³/mol. The third kappa shape index (κ3) is 3.96. The van der Waals surface area contributed by atoms with Gasteiger partial charge < -0.3 is 5.11 Å². The predicted octanol–water partition coefficient (Wildman–Crippen LogP) is 4.52. The standard InChI is InChI=1S/C19H21Cl2NO3S/c20-12-7-8-14(15(21)11-12)16-17(26-10-9-23)19(25)22(18(16)24)13-5-3-1-2-4-6-13/h7-8,11,13,23H,1-6,9-10H2. The molecule has 0 radical (unpaired) electrons. The number of nitrogens with zero attached hydrogens (tertiary/aromatic N) is 1. The van der Waals surface area contributed by atoms with Crippen LogP contribution < -0.4 is 0 Å². The molecule has 26 heavy (non-hydrogen) atoms. The monoisotopic (exact) mass is 413 g/mol. The van der Waals surface area contributed by atoms with Gasteiger partial charge in [-0.25, -0.2) is 0 Å². The van der Waals surface area contributed by atoms with E-state index in [0.717, 1.165) is 38.5 Å². The number of amides is 2. The van der Waals surface area contributed by atoms with Crippen molar-refractivity contribution in [2.75, 3.05) is 12.4 Å². The summed E-state index contributed by atoms with van der Waals surface area (Å²) in [5.41, 5.74) is 0.852. The second-order valence-electron chi connectivity index (χ2n) is 6.53. The zero-order chi connectivity index (χ0) is 18.7. The minimum Gasteiger partial charge on any atom is -0.396 e. The van der Waals surface area contributed by atoms with Gasteiger partial charge in [-0.2, -0.15) is 0 Å². The van der Waals surface area contributed by atoms with E-state index in [9.17, 15) is 14.7 Å². The molecule has 0 spiro atoms. The summed E-state index contributed by atoms with van der Waals surface area (Å²) in [6.07, 6.45) is 6.02. The van der Waals surface area contributed by atoms with E-state index in [1.807, 2.05) is 0 Å². The van der Waals surface area contributed by atoms with Gasteiger partial charge in [0.1, 0.15) is 0 Å². The van der Waals surface area contributed by atoms with Crippen LogP contribution >= 0.6 is 35.0 Å². The highest BCUT2D eigenvalue weighted by atomic mass is 35.5. The highest BCUT2D eigenvalue weighted by Crippen LogP contribution is 2.41. The molecule has 2 aliphatic rings. The quantitative estimate of drug-likeness (QED) is 0.569. The van der Waals surface area contributed by atoms with E-state index >= 15 is 0 Å². The first-order valence-corrected chi connectivity index (χ1v) is 10.6. The zero-order valence-corrected chi connectivity index (χ0v) is 16.7. The van der Waals surface area contributed by atoms with E-state index < -0.39 is 0 Å². The van der Waals surface area contributed by atoms with Gasteiger partial charge in [-0.15, -0.1) is 11.8 Å². The normalized spacial score (nSPS) is 19.4. The van der Waals surface area contributed by atoms with Crippen LogP contribution in [0, 0.1) is 0 Å². The van der Waals surface area contributed by atoms with E-state index in [1.165, 1.54) is 16.7 Å². The third-order valence-corrected chi connectivity index (χ3v) is 6.40. The summed E-state index contributed by atoms with van der Waals surface area (Å²) in [5, 5.41) is 10.0. The van der Waals surface area contributed by atoms with Crippen LogP contribution in [0.1, 0.15) is 44.1 Å². The number of carbonyl (C=O) groups excluding carboxylic acids is 2. The molecule has 3 rings (SSSR count). The Morgan fingerprint density at radius 1 is 1.08 bits per heavy atom. The number of aliphatic hydroxyl groups is 1. The van der Waals surface area contributed by atoms with Crippen LogP contribution in [0.3, 0.4) is 0 Å². The minimum absolute atomic E-state index is 0.0641. The molecule has 1 heterocycles. The van der Waals surface area contributed by atoms with Crippen molar-refractivity contribution in [3.63, 3.8) is 0 Å². The summed E-state index contributed by atoms with van der Waals surface area (Å²) in [4.78, 5) is 28.1. The van der Waals surface area contributed by atoms with Gasteiger partial charge >= 0.3 is 0 Å². The Morgan fingerprint density at radius 3 is 2.38 bits per heavy atom. The number of hydrogen-bond donors (Lipinski definition) is 1. The Labute approximate surface area is 167 Å². The second-order valence-corrected chi connectivity index (χ2v) is 8.47. The number of imide groups is 1. The van der Waals surface area contributed by atoms with Crippen LogP contribution in [0.4, 0.5) is 0 Å². The van der Waals surface area contributed by atoms with Crippen LogP contribution in [0.25, 0.3) is 5.57 Å². The second kappa shape index (κ2) is 8.79. The Bertz CT molecular complexity index is 742. The van der Waals surface area contributed by atoms with Crippen LogP contribution in [0.15, 0.2) is 23.1 Å². The topological polar surface area (TPSA) is 57.6 Å². The number of aliphatic hydroxyl groups excluding tert-OH is 1. The molecule has 4 nitrogen and oxygen atoms in total. The molecule has 0 saturated heterocycles. The van der Waals surface area contributed by atoms with E-state index in [0.29, 0.717) is 31.8 Å². The summed E-state index contributed by atoms with van der Waals surface area (Å²) in [6.45, 7) is -0.0688. The summed E-state index contributed by atoms with van der Waals surface area (Å²) in [7, 11) is 0. The van der Waals surface area contributed by atoms with Gasteiger partial charge in [0, 0.05) is 22.4 Å². The van der Waals surface area contributed by atoms with Crippen molar-refractivity contribution in [3.8, 4) is 0 Å². The highest BCUT2D eigenvalue weighted by Gasteiger charge is 2.43. The largest absolute Gasteiger partial charge is 0.396 e. The van der Waals surface area contributed by atoms with Gasteiger partial charge in [-0.05, 0) is 25.0 Å². The SMILES string of the molecule is O=C1C(SCCO)=C(c2ccc(Cl)cc2Cl)C(=O)N1C1CCCCCC1. The first-order valence-electron chi connectivity index (χ1n) is 8.86. The van der Waals surface area contributed by atoms with Crippen molar-refractivity contribution in [1.29, 1.82) is 0 Å². The molecule has 1 aliphatic heterocycles. The van der Waals surface area contributed by atoms with Crippen molar-refractivity contribution < 1.29 is 14.7 Å². The van der Waals surface area contributed by atoms with E-state index in [1.54, 1.807) is 18.2 Å².